The molecule has 0 amide bonds. The lowest BCUT2D eigenvalue weighted by Gasteiger charge is -2.14. The minimum atomic E-state index is 0.651. The van der Waals surface area contributed by atoms with E-state index in [1.807, 2.05) is 6.07 Å². The summed E-state index contributed by atoms with van der Waals surface area (Å²) in [6.45, 7) is 0. The minimum absolute atomic E-state index is 0.651. The Bertz CT molecular complexity index is 3140. The molecule has 4 heteroatoms. The molecular weight excluding hydrogens is 657 g/mol. The van der Waals surface area contributed by atoms with Crippen molar-refractivity contribution in [2.75, 3.05) is 0 Å². The van der Waals surface area contributed by atoms with Crippen molar-refractivity contribution >= 4 is 54.5 Å². The Balaban J connectivity index is 1.24. The predicted octanol–water partition coefficient (Wildman–Crippen LogP) is 12.8. The normalized spacial score (nSPS) is 11.7. The van der Waals surface area contributed by atoms with Crippen LogP contribution in [0.2, 0.25) is 0 Å². The summed E-state index contributed by atoms with van der Waals surface area (Å²) in [6, 6.07) is 69.2. The van der Waals surface area contributed by atoms with Gasteiger partial charge >= 0.3 is 0 Å². The standard InChI is InChI=1S/C50H32N4/c1-4-16-33(17-5-1)36-28-37(34-18-6-2-7-19-34)30-38(29-36)53-45-26-14-11-22-39(45)42-31-43-40-23-12-15-27-46(40)54(48(43)32-47(42)53)50-51-44-25-13-10-24-41(44)49(52-50)35-20-8-3-9-21-35/h1-32H. The second-order valence-corrected chi connectivity index (χ2v) is 13.8. The van der Waals surface area contributed by atoms with Gasteiger partial charge in [-0.05, 0) is 70.8 Å². The van der Waals surface area contributed by atoms with Gasteiger partial charge in [0.05, 0.1) is 33.3 Å². The first-order valence-corrected chi connectivity index (χ1v) is 18.3. The maximum absolute atomic E-state index is 5.35. The Morgan fingerprint density at radius 2 is 0.778 bits per heavy atom. The number of para-hydroxylation sites is 3. The van der Waals surface area contributed by atoms with Crippen molar-refractivity contribution in [2.24, 2.45) is 0 Å². The number of aromatic nitrogens is 4. The van der Waals surface area contributed by atoms with E-state index in [1.54, 1.807) is 0 Å². The zero-order chi connectivity index (χ0) is 35.6. The average molecular weight is 689 g/mol. The summed E-state index contributed by atoms with van der Waals surface area (Å²) in [6.07, 6.45) is 0. The van der Waals surface area contributed by atoms with Gasteiger partial charge in [0, 0.05) is 38.2 Å². The highest BCUT2D eigenvalue weighted by Crippen LogP contribution is 2.41. The second kappa shape index (κ2) is 12.1. The summed E-state index contributed by atoms with van der Waals surface area (Å²) in [7, 11) is 0. The van der Waals surface area contributed by atoms with Crippen LogP contribution < -0.4 is 0 Å². The van der Waals surface area contributed by atoms with E-state index in [0.29, 0.717) is 5.95 Å². The van der Waals surface area contributed by atoms with Gasteiger partial charge < -0.3 is 4.57 Å². The highest BCUT2D eigenvalue weighted by molar-refractivity contribution is 6.19. The molecule has 252 valence electrons. The summed E-state index contributed by atoms with van der Waals surface area (Å²) in [4.78, 5) is 10.6. The fourth-order valence-corrected chi connectivity index (χ4v) is 8.24. The number of nitrogens with zero attached hydrogens (tertiary/aromatic N) is 4. The molecule has 0 saturated heterocycles. The van der Waals surface area contributed by atoms with E-state index in [4.69, 9.17) is 9.97 Å². The van der Waals surface area contributed by atoms with Crippen molar-refractivity contribution in [3.05, 3.63) is 194 Å². The molecule has 0 aliphatic heterocycles. The molecule has 0 N–H and O–H groups in total. The predicted molar refractivity (Wildman–Crippen MR) is 225 cm³/mol. The Morgan fingerprint density at radius 3 is 1.39 bits per heavy atom. The SMILES string of the molecule is c1ccc(-c2cc(-c3ccccc3)cc(-n3c4ccccc4c4cc5c6ccccc6n(-c6nc(-c7ccccc7)c7ccccc7n6)c5cc43)c2)cc1. The Hall–Kier alpha value is -7.30. The molecule has 0 saturated carbocycles. The van der Waals surface area contributed by atoms with E-state index < -0.39 is 0 Å². The highest BCUT2D eigenvalue weighted by atomic mass is 15.2. The Labute approximate surface area is 311 Å². The Kier molecular flexibility index (Phi) is 6.82. The molecule has 8 aromatic carbocycles. The number of rotatable bonds is 5. The molecule has 4 nitrogen and oxygen atoms in total. The van der Waals surface area contributed by atoms with Crippen molar-refractivity contribution in [1.82, 2.24) is 19.1 Å². The van der Waals surface area contributed by atoms with E-state index in [2.05, 4.69) is 197 Å². The molecule has 11 aromatic rings. The molecule has 11 rings (SSSR count). The zero-order valence-electron chi connectivity index (χ0n) is 29.3. The molecule has 54 heavy (non-hydrogen) atoms. The van der Waals surface area contributed by atoms with Gasteiger partial charge in [0.2, 0.25) is 5.95 Å². The van der Waals surface area contributed by atoms with Crippen LogP contribution in [0.3, 0.4) is 0 Å². The molecule has 3 heterocycles. The number of benzene rings is 8. The molecule has 0 fully saturated rings. The first-order chi connectivity index (χ1) is 26.8. The first kappa shape index (κ1) is 30.3. The van der Waals surface area contributed by atoms with E-state index in [9.17, 15) is 0 Å². The van der Waals surface area contributed by atoms with Gasteiger partial charge in [-0.2, -0.15) is 0 Å². The van der Waals surface area contributed by atoms with Crippen molar-refractivity contribution in [3.8, 4) is 45.1 Å². The fraction of sp³-hybridized carbons (Fsp3) is 0. The molecule has 0 atom stereocenters. The lowest BCUT2D eigenvalue weighted by Crippen LogP contribution is -2.03. The molecule has 0 unspecified atom stereocenters. The molecule has 3 aromatic heterocycles. The summed E-state index contributed by atoms with van der Waals surface area (Å²) in [5, 5.41) is 5.79. The minimum Gasteiger partial charge on any atom is -0.309 e. The van der Waals surface area contributed by atoms with Gasteiger partial charge in [-0.25, -0.2) is 9.97 Å². The van der Waals surface area contributed by atoms with E-state index in [0.717, 1.165) is 49.9 Å². The molecule has 0 spiro atoms. The molecule has 0 aliphatic rings. The van der Waals surface area contributed by atoms with Crippen LogP contribution in [0.4, 0.5) is 0 Å². The summed E-state index contributed by atoms with van der Waals surface area (Å²) < 4.78 is 4.68. The lowest BCUT2D eigenvalue weighted by atomic mass is 9.98. The number of fused-ring (bicyclic) bond motifs is 7. The van der Waals surface area contributed by atoms with Crippen molar-refractivity contribution < 1.29 is 0 Å². The van der Waals surface area contributed by atoms with Crippen LogP contribution in [-0.2, 0) is 0 Å². The van der Waals surface area contributed by atoms with E-state index >= 15 is 0 Å². The largest absolute Gasteiger partial charge is 0.309 e. The maximum atomic E-state index is 5.35. The van der Waals surface area contributed by atoms with Crippen LogP contribution in [0.1, 0.15) is 0 Å². The van der Waals surface area contributed by atoms with Gasteiger partial charge in [0.25, 0.3) is 0 Å². The quantitative estimate of drug-likeness (QED) is 0.180. The van der Waals surface area contributed by atoms with Gasteiger partial charge in [0.15, 0.2) is 0 Å². The number of hydrogen-bond donors (Lipinski definition) is 0. The average Bonchev–Trinajstić information content (AvgIpc) is 3.75. The van der Waals surface area contributed by atoms with Crippen molar-refractivity contribution in [3.63, 3.8) is 0 Å². The zero-order valence-corrected chi connectivity index (χ0v) is 29.3. The third-order valence-electron chi connectivity index (χ3n) is 10.7. The van der Waals surface area contributed by atoms with Crippen LogP contribution in [0.25, 0.3) is 99.7 Å². The summed E-state index contributed by atoms with van der Waals surface area (Å²) in [5.41, 5.74) is 13.1. The second-order valence-electron chi connectivity index (χ2n) is 13.8. The number of hydrogen-bond acceptors (Lipinski definition) is 2. The fourth-order valence-electron chi connectivity index (χ4n) is 8.24. The van der Waals surface area contributed by atoms with Gasteiger partial charge in [-0.1, -0.05) is 146 Å². The molecule has 0 radical (unpaired) electrons. The monoisotopic (exact) mass is 688 g/mol. The van der Waals surface area contributed by atoms with Crippen LogP contribution in [0.5, 0.6) is 0 Å². The first-order valence-electron chi connectivity index (χ1n) is 18.3. The third-order valence-corrected chi connectivity index (χ3v) is 10.7. The van der Waals surface area contributed by atoms with Crippen LogP contribution in [-0.4, -0.2) is 19.1 Å². The van der Waals surface area contributed by atoms with Crippen LogP contribution in [0.15, 0.2) is 194 Å². The van der Waals surface area contributed by atoms with Crippen molar-refractivity contribution in [1.29, 1.82) is 0 Å². The van der Waals surface area contributed by atoms with Gasteiger partial charge in [-0.15, -0.1) is 0 Å². The lowest BCUT2D eigenvalue weighted by molar-refractivity contribution is 1.01. The van der Waals surface area contributed by atoms with Crippen LogP contribution >= 0.6 is 0 Å². The van der Waals surface area contributed by atoms with Crippen LogP contribution in [0, 0.1) is 0 Å². The smallest absolute Gasteiger partial charge is 0.235 e. The van der Waals surface area contributed by atoms with Gasteiger partial charge in [-0.3, -0.25) is 4.57 Å². The molecule has 0 bridgehead atoms. The summed E-state index contributed by atoms with van der Waals surface area (Å²) >= 11 is 0. The maximum Gasteiger partial charge on any atom is 0.235 e. The van der Waals surface area contributed by atoms with Crippen molar-refractivity contribution in [2.45, 2.75) is 0 Å². The van der Waals surface area contributed by atoms with Gasteiger partial charge in [0.1, 0.15) is 0 Å². The Morgan fingerprint density at radius 1 is 0.296 bits per heavy atom. The molecular formula is C50H32N4. The molecule has 0 aliphatic carbocycles. The topological polar surface area (TPSA) is 35.6 Å². The third kappa shape index (κ3) is 4.78. The van der Waals surface area contributed by atoms with E-state index in [1.165, 1.54) is 43.8 Å². The highest BCUT2D eigenvalue weighted by Gasteiger charge is 2.21. The van der Waals surface area contributed by atoms with E-state index in [-0.39, 0.29) is 0 Å². The summed E-state index contributed by atoms with van der Waals surface area (Å²) in [5.74, 6) is 0.651.